The molecule has 2 aromatic carbocycles. The van der Waals surface area contributed by atoms with Gasteiger partial charge in [0.15, 0.2) is 0 Å². The molecule has 1 amide bonds. The average molecular weight is 550 g/mol. The molecule has 6 rings (SSSR count). The van der Waals surface area contributed by atoms with Crippen LogP contribution in [0.2, 0.25) is 0 Å². The van der Waals surface area contributed by atoms with E-state index >= 15 is 0 Å². The minimum atomic E-state index is -0.0606. The largest absolute Gasteiger partial charge is 2.00 e. The van der Waals surface area contributed by atoms with Crippen LogP contribution < -0.4 is 4.90 Å². The molecule has 1 atom stereocenters. The summed E-state index contributed by atoms with van der Waals surface area (Å²) in [7, 11) is 0. The van der Waals surface area contributed by atoms with Crippen LogP contribution >= 0.6 is 11.8 Å². The van der Waals surface area contributed by atoms with Gasteiger partial charge in [0.1, 0.15) is 0 Å². The Morgan fingerprint density at radius 3 is 2.30 bits per heavy atom. The molecule has 2 heterocycles. The Balaban J connectivity index is 0.000000479. The normalized spacial score (nSPS) is 20.5. The van der Waals surface area contributed by atoms with Gasteiger partial charge in [0.2, 0.25) is 5.91 Å². The Labute approximate surface area is 238 Å². The number of fused-ring (bicyclic) bond motifs is 2. The second kappa shape index (κ2) is 13.4. The van der Waals surface area contributed by atoms with Gasteiger partial charge in [0.05, 0.1) is 17.4 Å². The Bertz CT molecular complexity index is 1090. The summed E-state index contributed by atoms with van der Waals surface area (Å²) in [5, 5.41) is 6.33. The van der Waals surface area contributed by atoms with Crippen molar-refractivity contribution in [2.45, 2.75) is 48.9 Å². The van der Waals surface area contributed by atoms with Crippen LogP contribution in [0.3, 0.4) is 0 Å². The molecule has 0 aromatic heterocycles. The number of rotatable bonds is 5. The maximum absolute atomic E-state index is 12.4. The Morgan fingerprint density at radius 1 is 0.946 bits per heavy atom. The maximum Gasteiger partial charge on any atom is 2.00 e. The van der Waals surface area contributed by atoms with Gasteiger partial charge in [-0.15, -0.1) is 0 Å². The summed E-state index contributed by atoms with van der Waals surface area (Å²) in [4.78, 5) is 17.3. The number of carbonyl (C=O) groups excluding carboxylic acids is 1. The van der Waals surface area contributed by atoms with Crippen molar-refractivity contribution in [3.63, 3.8) is 0 Å². The monoisotopic (exact) mass is 549 g/mol. The van der Waals surface area contributed by atoms with Gasteiger partial charge in [-0.2, -0.15) is 5.10 Å². The zero-order valence-electron chi connectivity index (χ0n) is 21.2. The zero-order valence-corrected chi connectivity index (χ0v) is 23.1. The van der Waals surface area contributed by atoms with Crippen LogP contribution in [-0.4, -0.2) is 23.2 Å². The van der Waals surface area contributed by atoms with Crippen molar-refractivity contribution in [2.24, 2.45) is 5.10 Å². The summed E-state index contributed by atoms with van der Waals surface area (Å²) in [6.07, 6.45) is 21.2. The molecule has 0 bridgehead atoms. The molecule has 4 nitrogen and oxygen atoms in total. The molecule has 10 radical (unpaired) electrons. The molecule has 4 aliphatic rings. The molecule has 2 aliphatic carbocycles. The molecule has 2 aromatic rings. The van der Waals surface area contributed by atoms with Crippen molar-refractivity contribution in [3.8, 4) is 0 Å². The summed E-state index contributed by atoms with van der Waals surface area (Å²) >= 11 is 1.82. The van der Waals surface area contributed by atoms with Crippen LogP contribution in [0.5, 0.6) is 0 Å². The van der Waals surface area contributed by atoms with Crippen molar-refractivity contribution >= 4 is 34.8 Å². The van der Waals surface area contributed by atoms with Gasteiger partial charge in [-0.25, -0.2) is 5.01 Å². The van der Waals surface area contributed by atoms with Crippen LogP contribution in [0.15, 0.2) is 57.4 Å². The van der Waals surface area contributed by atoms with Crippen molar-refractivity contribution in [2.75, 3.05) is 11.4 Å². The Hall–Kier alpha value is -1.75. The second-order valence-corrected chi connectivity index (χ2v) is 10.2. The van der Waals surface area contributed by atoms with E-state index in [4.69, 9.17) is 0 Å². The zero-order chi connectivity index (χ0) is 24.9. The summed E-state index contributed by atoms with van der Waals surface area (Å²) in [6, 6.07) is 15.2. The predicted molar refractivity (Wildman–Crippen MR) is 148 cm³/mol. The molecule has 37 heavy (non-hydrogen) atoms. The molecule has 1 unspecified atom stereocenters. The van der Waals surface area contributed by atoms with Crippen molar-refractivity contribution in [1.29, 1.82) is 0 Å². The van der Waals surface area contributed by atoms with Crippen molar-refractivity contribution < 1.29 is 21.9 Å². The number of hydrogen-bond donors (Lipinski definition) is 0. The predicted octanol–water partition coefficient (Wildman–Crippen LogP) is 7.16. The molecule has 0 N–H and O–H groups in total. The number of amides is 1. The molecule has 188 valence electrons. The van der Waals surface area contributed by atoms with Gasteiger partial charge in [0.25, 0.3) is 0 Å². The van der Waals surface area contributed by atoms with Gasteiger partial charge >= 0.3 is 17.1 Å². The number of para-hydroxylation sites is 1. The first-order valence-electron chi connectivity index (χ1n) is 12.6. The minimum absolute atomic E-state index is 0. The number of benzene rings is 2. The molecular formula is C31H31FeN3OS+2. The summed E-state index contributed by atoms with van der Waals surface area (Å²) in [5.41, 5.74) is 4.66. The number of unbranched alkanes of at least 4 members (excludes halogenated alkanes) is 1. The molecule has 2 saturated carbocycles. The van der Waals surface area contributed by atoms with Gasteiger partial charge in [-0.1, -0.05) is 43.3 Å². The van der Waals surface area contributed by atoms with E-state index in [-0.39, 0.29) is 29.0 Å². The first-order valence-corrected chi connectivity index (χ1v) is 13.4. The smallest absolute Gasteiger partial charge is 0.340 e. The maximum atomic E-state index is 12.4. The van der Waals surface area contributed by atoms with E-state index < -0.39 is 0 Å². The molecule has 2 aliphatic heterocycles. The minimum Gasteiger partial charge on any atom is -0.340 e. The molecule has 6 heteroatoms. The van der Waals surface area contributed by atoms with Crippen LogP contribution in [0.4, 0.5) is 11.4 Å². The third-order valence-corrected chi connectivity index (χ3v) is 7.67. The third-order valence-electron chi connectivity index (χ3n) is 6.56. The average Bonchev–Trinajstić information content (AvgIpc) is 3.69. The van der Waals surface area contributed by atoms with Crippen molar-refractivity contribution in [1.82, 2.24) is 5.01 Å². The van der Waals surface area contributed by atoms with Crippen LogP contribution in [0.1, 0.15) is 44.7 Å². The van der Waals surface area contributed by atoms with E-state index in [2.05, 4.69) is 72.2 Å². The molecule has 0 spiro atoms. The summed E-state index contributed by atoms with van der Waals surface area (Å²) < 4.78 is 0. The molecular weight excluding hydrogens is 518 g/mol. The number of nitrogens with zero attached hydrogens (tertiary/aromatic N) is 3. The SMILES string of the molecule is CCCCN1c2ccccc2Sc2cc(C3CC([C]4[CH][CH][CH][CH]4)=NN3C(C)=O)ccc21.[CH]1[CH][CH][CH][CH]1.[Fe+2]. The number of carbonyl (C=O) groups is 1. The number of hydrazone groups is 1. The summed E-state index contributed by atoms with van der Waals surface area (Å²) in [5.74, 6) is 1.08. The van der Waals surface area contributed by atoms with Crippen LogP contribution in [0.25, 0.3) is 0 Å². The fraction of sp³-hybridized carbons (Fsp3) is 0.226. The van der Waals surface area contributed by atoms with E-state index in [1.165, 1.54) is 21.2 Å². The van der Waals surface area contributed by atoms with E-state index in [1.54, 1.807) is 11.9 Å². The summed E-state index contributed by atoms with van der Waals surface area (Å²) in [6.45, 7) is 4.84. The second-order valence-electron chi connectivity index (χ2n) is 9.07. The van der Waals surface area contributed by atoms with Crippen molar-refractivity contribution in [3.05, 3.63) is 112 Å². The van der Waals surface area contributed by atoms with E-state index in [0.29, 0.717) is 0 Å². The standard InChI is InChI=1S/C26H26N3OS.C5H5.Fe/c1-3-4-15-28-22-11-7-8-12-25(22)31-26-16-20(13-14-23(26)28)24-17-21(19-9-5-6-10-19)27-29(24)18(2)30;1-2-4-5-3-1;/h5-14,16,24H,3-4,15,17H2,1-2H3;1-5H;/q;;+2. The first-order chi connectivity index (χ1) is 17.7. The van der Waals surface area contributed by atoms with Gasteiger partial charge < -0.3 is 4.90 Å². The fourth-order valence-electron chi connectivity index (χ4n) is 4.74. The van der Waals surface area contributed by atoms with Crippen LogP contribution in [-0.2, 0) is 21.9 Å². The topological polar surface area (TPSA) is 35.9 Å². The van der Waals surface area contributed by atoms with E-state index in [0.717, 1.165) is 43.0 Å². The number of anilines is 2. The quantitative estimate of drug-likeness (QED) is 0.372. The van der Waals surface area contributed by atoms with Crippen LogP contribution in [0, 0.1) is 63.7 Å². The van der Waals surface area contributed by atoms with Gasteiger partial charge in [-0.3, -0.25) is 4.79 Å². The van der Waals surface area contributed by atoms with E-state index in [1.807, 2.05) is 56.7 Å². The number of hydrogen-bond acceptors (Lipinski definition) is 4. The first kappa shape index (κ1) is 28.3. The van der Waals surface area contributed by atoms with E-state index in [9.17, 15) is 4.79 Å². The van der Waals surface area contributed by atoms with Gasteiger partial charge in [0, 0.05) is 41.3 Å². The fourth-order valence-corrected chi connectivity index (χ4v) is 5.88. The Kier molecular flexibility index (Phi) is 10.2. The molecule has 2 fully saturated rings. The third kappa shape index (κ3) is 6.46. The van der Waals surface area contributed by atoms with Gasteiger partial charge in [-0.05, 0) is 94.0 Å². The molecule has 0 saturated heterocycles. The Morgan fingerprint density at radius 2 is 1.62 bits per heavy atom.